The summed E-state index contributed by atoms with van der Waals surface area (Å²) >= 11 is 0. The van der Waals surface area contributed by atoms with Crippen molar-refractivity contribution >= 4 is 0 Å². The highest BCUT2D eigenvalue weighted by atomic mass is 16.5. The Kier molecular flexibility index (Phi) is 4.45. The zero-order valence-corrected chi connectivity index (χ0v) is 13.0. The molecule has 1 N–H and O–H groups in total. The normalized spacial score (nSPS) is 12.3. The van der Waals surface area contributed by atoms with E-state index in [0.717, 1.165) is 11.4 Å². The van der Waals surface area contributed by atoms with Gasteiger partial charge in [0.15, 0.2) is 5.82 Å². The lowest BCUT2D eigenvalue weighted by atomic mass is 10.2. The molecular formula is C17H18N4O2. The maximum atomic E-state index is 10.6. The monoisotopic (exact) mass is 310 g/mol. The quantitative estimate of drug-likeness (QED) is 0.783. The molecule has 0 aromatic carbocycles. The number of aromatic nitrogens is 4. The summed E-state index contributed by atoms with van der Waals surface area (Å²) in [5.41, 5.74) is 2.66. The van der Waals surface area contributed by atoms with Crippen molar-refractivity contribution in [3.8, 4) is 11.5 Å². The minimum absolute atomic E-state index is 0.326. The van der Waals surface area contributed by atoms with Gasteiger partial charge >= 0.3 is 0 Å². The van der Waals surface area contributed by atoms with Gasteiger partial charge in [-0.2, -0.15) is 0 Å². The molecule has 3 rings (SSSR count). The number of aliphatic hydroxyl groups excluding tert-OH is 1. The zero-order valence-electron chi connectivity index (χ0n) is 13.0. The molecule has 0 saturated heterocycles. The van der Waals surface area contributed by atoms with Crippen LogP contribution in [0.1, 0.15) is 23.2 Å². The molecule has 3 heterocycles. The van der Waals surface area contributed by atoms with Crippen molar-refractivity contribution in [1.29, 1.82) is 0 Å². The number of pyridine rings is 2. The van der Waals surface area contributed by atoms with Crippen LogP contribution in [-0.2, 0) is 11.5 Å². The Labute approximate surface area is 134 Å². The van der Waals surface area contributed by atoms with Gasteiger partial charge in [0.1, 0.15) is 18.5 Å². The average molecular weight is 310 g/mol. The van der Waals surface area contributed by atoms with Gasteiger partial charge in [-0.3, -0.25) is 9.97 Å². The van der Waals surface area contributed by atoms with Crippen LogP contribution in [0.3, 0.4) is 0 Å². The van der Waals surface area contributed by atoms with Gasteiger partial charge in [-0.05, 0) is 31.2 Å². The number of aryl methyl sites for hydroxylation is 1. The van der Waals surface area contributed by atoms with E-state index in [-0.39, 0.29) is 0 Å². The fraction of sp³-hybridized carbons (Fsp3) is 0.235. The van der Waals surface area contributed by atoms with Crippen LogP contribution in [0.25, 0.3) is 11.5 Å². The third-order valence-electron chi connectivity index (χ3n) is 3.43. The fourth-order valence-corrected chi connectivity index (χ4v) is 2.37. The maximum Gasteiger partial charge on any atom is 0.160 e. The largest absolute Gasteiger partial charge is 0.380 e. The summed E-state index contributed by atoms with van der Waals surface area (Å²) < 4.78 is 7.02. The molecule has 0 saturated carbocycles. The van der Waals surface area contributed by atoms with E-state index < -0.39 is 6.10 Å². The maximum absolute atomic E-state index is 10.6. The minimum atomic E-state index is -0.893. The average Bonchev–Trinajstić information content (AvgIpc) is 2.99. The molecule has 0 amide bonds. The molecule has 3 aromatic rings. The molecule has 6 heteroatoms. The summed E-state index contributed by atoms with van der Waals surface area (Å²) in [6.07, 6.45) is 2.58. The van der Waals surface area contributed by atoms with Crippen LogP contribution >= 0.6 is 0 Å². The topological polar surface area (TPSA) is 73.1 Å². The van der Waals surface area contributed by atoms with Crippen LogP contribution in [0.2, 0.25) is 0 Å². The van der Waals surface area contributed by atoms with E-state index in [0.29, 0.717) is 23.9 Å². The van der Waals surface area contributed by atoms with E-state index >= 15 is 0 Å². The number of imidazole rings is 1. The number of hydrogen-bond donors (Lipinski definition) is 1. The lowest BCUT2D eigenvalue weighted by Crippen LogP contribution is -2.03. The van der Waals surface area contributed by atoms with E-state index in [1.807, 2.05) is 41.8 Å². The van der Waals surface area contributed by atoms with Crippen molar-refractivity contribution in [2.45, 2.75) is 19.8 Å². The summed E-state index contributed by atoms with van der Waals surface area (Å²) in [4.78, 5) is 13.2. The Balaban J connectivity index is 2.00. The lowest BCUT2D eigenvalue weighted by Gasteiger charge is -2.07. The van der Waals surface area contributed by atoms with Gasteiger partial charge in [0.05, 0.1) is 11.4 Å². The van der Waals surface area contributed by atoms with Gasteiger partial charge in [-0.1, -0.05) is 12.1 Å². The smallest absolute Gasteiger partial charge is 0.160 e. The Bertz CT molecular complexity index is 786. The first-order valence-corrected chi connectivity index (χ1v) is 7.28. The first kappa shape index (κ1) is 15.3. The highest BCUT2D eigenvalue weighted by Gasteiger charge is 2.19. The molecule has 0 fully saturated rings. The van der Waals surface area contributed by atoms with Crippen LogP contribution in [-0.4, -0.2) is 31.7 Å². The molecule has 1 unspecified atom stereocenters. The second kappa shape index (κ2) is 6.68. The van der Waals surface area contributed by atoms with Crippen molar-refractivity contribution in [1.82, 2.24) is 19.5 Å². The number of rotatable bonds is 5. The summed E-state index contributed by atoms with van der Waals surface area (Å²) in [5.74, 6) is 0.647. The summed E-state index contributed by atoms with van der Waals surface area (Å²) in [6.45, 7) is 2.21. The molecule has 0 radical (unpaired) electrons. The van der Waals surface area contributed by atoms with Gasteiger partial charge in [-0.25, -0.2) is 4.98 Å². The van der Waals surface area contributed by atoms with Gasteiger partial charge in [0, 0.05) is 25.2 Å². The van der Waals surface area contributed by atoms with Crippen LogP contribution in [0.5, 0.6) is 0 Å². The van der Waals surface area contributed by atoms with E-state index in [1.165, 1.54) is 0 Å². The molecule has 118 valence electrons. The molecule has 6 nitrogen and oxygen atoms in total. The van der Waals surface area contributed by atoms with Crippen LogP contribution in [0.15, 0.2) is 48.8 Å². The third kappa shape index (κ3) is 3.28. The number of methoxy groups -OCH3 is 1. The predicted octanol–water partition coefficient (Wildman–Crippen LogP) is 2.33. The number of nitrogens with zero attached hydrogens (tertiary/aromatic N) is 4. The van der Waals surface area contributed by atoms with Crippen LogP contribution in [0.4, 0.5) is 0 Å². The Morgan fingerprint density at radius 2 is 2.00 bits per heavy atom. The second-order valence-electron chi connectivity index (χ2n) is 5.20. The number of aliphatic hydroxyl groups is 1. The Hall–Kier alpha value is -2.57. The van der Waals surface area contributed by atoms with Gasteiger partial charge in [0.25, 0.3) is 0 Å². The molecule has 3 aromatic heterocycles. The number of ether oxygens (including phenoxy) is 1. The summed E-state index contributed by atoms with van der Waals surface area (Å²) in [6, 6.07) is 11.2. The SMILES string of the molecule is COCn1cc(C(O)c2cccc(C)n2)nc1-c1ccccn1. The Morgan fingerprint density at radius 1 is 1.13 bits per heavy atom. The van der Waals surface area contributed by atoms with Gasteiger partial charge in [0.2, 0.25) is 0 Å². The molecule has 0 aliphatic rings. The zero-order chi connectivity index (χ0) is 16.2. The molecular weight excluding hydrogens is 292 g/mol. The highest BCUT2D eigenvalue weighted by molar-refractivity contribution is 5.50. The molecule has 23 heavy (non-hydrogen) atoms. The predicted molar refractivity (Wildman–Crippen MR) is 85.5 cm³/mol. The van der Waals surface area contributed by atoms with Crippen molar-refractivity contribution < 1.29 is 9.84 Å². The first-order chi connectivity index (χ1) is 11.2. The van der Waals surface area contributed by atoms with Crippen molar-refractivity contribution in [3.05, 3.63) is 65.9 Å². The summed E-state index contributed by atoms with van der Waals surface area (Å²) in [5, 5.41) is 10.6. The van der Waals surface area contributed by atoms with Crippen LogP contribution in [0, 0.1) is 6.92 Å². The molecule has 0 aliphatic heterocycles. The van der Waals surface area contributed by atoms with Crippen molar-refractivity contribution in [2.24, 2.45) is 0 Å². The minimum Gasteiger partial charge on any atom is -0.380 e. The van der Waals surface area contributed by atoms with Crippen LogP contribution < -0.4 is 0 Å². The lowest BCUT2D eigenvalue weighted by molar-refractivity contribution is 0.132. The van der Waals surface area contributed by atoms with Crippen molar-refractivity contribution in [2.75, 3.05) is 7.11 Å². The molecule has 1 atom stereocenters. The molecule has 0 spiro atoms. The van der Waals surface area contributed by atoms with Gasteiger partial charge < -0.3 is 14.4 Å². The second-order valence-corrected chi connectivity index (χ2v) is 5.20. The third-order valence-corrected chi connectivity index (χ3v) is 3.43. The molecule has 0 bridgehead atoms. The molecule has 0 aliphatic carbocycles. The van der Waals surface area contributed by atoms with Crippen molar-refractivity contribution in [3.63, 3.8) is 0 Å². The van der Waals surface area contributed by atoms with E-state index in [1.54, 1.807) is 25.6 Å². The first-order valence-electron chi connectivity index (χ1n) is 7.28. The highest BCUT2D eigenvalue weighted by Crippen LogP contribution is 2.24. The Morgan fingerprint density at radius 3 is 2.70 bits per heavy atom. The standard InChI is InChI=1S/C17H18N4O2/c1-12-6-5-8-13(19-12)16(22)15-10-21(11-23-2)17(20-15)14-7-3-4-9-18-14/h3-10,16,22H,11H2,1-2H3. The van der Waals surface area contributed by atoms with E-state index in [9.17, 15) is 5.11 Å². The summed E-state index contributed by atoms with van der Waals surface area (Å²) in [7, 11) is 1.61. The fourth-order valence-electron chi connectivity index (χ4n) is 2.37. The number of hydrogen-bond acceptors (Lipinski definition) is 5. The van der Waals surface area contributed by atoms with Gasteiger partial charge in [-0.15, -0.1) is 0 Å². The van der Waals surface area contributed by atoms with E-state index in [2.05, 4.69) is 15.0 Å². The van der Waals surface area contributed by atoms with E-state index in [4.69, 9.17) is 4.74 Å².